The van der Waals surface area contributed by atoms with E-state index in [4.69, 9.17) is 5.73 Å². The van der Waals surface area contributed by atoms with E-state index in [0.29, 0.717) is 16.6 Å². The maximum absolute atomic E-state index is 13.2. The minimum Gasteiger partial charge on any atom is -0.398 e. The van der Waals surface area contributed by atoms with Crippen LogP contribution in [0.5, 0.6) is 0 Å². The Morgan fingerprint density at radius 2 is 1.65 bits per heavy atom. The Bertz CT molecular complexity index is 586. The van der Waals surface area contributed by atoms with Gasteiger partial charge in [-0.1, -0.05) is 20.8 Å². The van der Waals surface area contributed by atoms with Gasteiger partial charge in [0.05, 0.1) is 5.52 Å². The summed E-state index contributed by atoms with van der Waals surface area (Å²) in [5, 5.41) is 0.442. The summed E-state index contributed by atoms with van der Waals surface area (Å²) in [5.74, 6) is -1.81. The van der Waals surface area contributed by atoms with E-state index >= 15 is 0 Å². The van der Waals surface area contributed by atoms with Crippen molar-refractivity contribution in [2.45, 2.75) is 26.2 Å². The molecule has 2 nitrogen and oxygen atoms in total. The summed E-state index contributed by atoms with van der Waals surface area (Å²) < 4.78 is 26.3. The fourth-order valence-electron chi connectivity index (χ4n) is 1.63. The number of fused-ring (bicyclic) bond motifs is 1. The van der Waals surface area contributed by atoms with Crippen LogP contribution < -0.4 is 5.73 Å². The van der Waals surface area contributed by atoms with Gasteiger partial charge >= 0.3 is 0 Å². The standard InChI is InChI=1S/C13H14F2N2/c1-13(2,3)12-6-10(16)7-4-8(14)9(15)5-11(7)17-12/h4-6H,1-3H3,(H2,16,17). The van der Waals surface area contributed by atoms with Gasteiger partial charge in [-0.2, -0.15) is 0 Å². The van der Waals surface area contributed by atoms with Gasteiger partial charge in [-0.15, -0.1) is 0 Å². The van der Waals surface area contributed by atoms with Gasteiger partial charge in [-0.3, -0.25) is 4.98 Å². The molecule has 0 saturated heterocycles. The monoisotopic (exact) mass is 236 g/mol. The van der Waals surface area contributed by atoms with Gasteiger partial charge in [0, 0.05) is 28.2 Å². The minimum absolute atomic E-state index is 0.187. The summed E-state index contributed by atoms with van der Waals surface area (Å²) in [7, 11) is 0. The molecule has 0 aliphatic rings. The average molecular weight is 236 g/mol. The Morgan fingerprint density at radius 1 is 1.06 bits per heavy atom. The molecule has 2 N–H and O–H groups in total. The number of halogens is 2. The minimum atomic E-state index is -0.908. The number of benzene rings is 1. The van der Waals surface area contributed by atoms with E-state index in [2.05, 4.69) is 4.98 Å². The number of nitrogen functional groups attached to an aromatic ring is 1. The molecule has 17 heavy (non-hydrogen) atoms. The smallest absolute Gasteiger partial charge is 0.161 e. The first-order chi connectivity index (χ1) is 7.79. The lowest BCUT2D eigenvalue weighted by Crippen LogP contribution is -2.14. The number of aromatic nitrogens is 1. The first kappa shape index (κ1) is 11.8. The predicted octanol–water partition coefficient (Wildman–Crippen LogP) is 3.39. The van der Waals surface area contributed by atoms with Crippen molar-refractivity contribution >= 4 is 16.6 Å². The molecule has 0 bridgehead atoms. The quantitative estimate of drug-likeness (QED) is 0.761. The second kappa shape index (κ2) is 3.65. The summed E-state index contributed by atoms with van der Waals surface area (Å²) in [4.78, 5) is 4.32. The normalized spacial score (nSPS) is 12.1. The zero-order chi connectivity index (χ0) is 12.8. The number of rotatable bonds is 0. The van der Waals surface area contributed by atoms with Crippen molar-refractivity contribution < 1.29 is 8.78 Å². The molecule has 0 atom stereocenters. The molecule has 1 heterocycles. The highest BCUT2D eigenvalue weighted by atomic mass is 19.2. The number of anilines is 1. The second-order valence-corrected chi connectivity index (χ2v) is 5.13. The van der Waals surface area contributed by atoms with Gasteiger partial charge in [-0.25, -0.2) is 8.78 Å². The molecule has 90 valence electrons. The zero-order valence-electron chi connectivity index (χ0n) is 10.0. The third-order valence-corrected chi connectivity index (χ3v) is 2.65. The van der Waals surface area contributed by atoms with Crippen LogP contribution in [0.2, 0.25) is 0 Å². The van der Waals surface area contributed by atoms with E-state index in [-0.39, 0.29) is 5.41 Å². The molecule has 0 spiro atoms. The van der Waals surface area contributed by atoms with E-state index in [1.807, 2.05) is 20.8 Å². The maximum atomic E-state index is 13.2. The van der Waals surface area contributed by atoms with Gasteiger partial charge < -0.3 is 5.73 Å². The first-order valence-corrected chi connectivity index (χ1v) is 5.35. The molecule has 0 radical (unpaired) electrons. The molecule has 0 aliphatic heterocycles. The van der Waals surface area contributed by atoms with Gasteiger partial charge in [0.15, 0.2) is 11.6 Å². The summed E-state index contributed by atoms with van der Waals surface area (Å²) in [6.45, 7) is 5.96. The highest BCUT2D eigenvalue weighted by Gasteiger charge is 2.18. The molecule has 4 heteroatoms. The number of pyridine rings is 1. The molecule has 1 aromatic carbocycles. The number of hydrogen-bond acceptors (Lipinski definition) is 2. The van der Waals surface area contributed by atoms with Gasteiger partial charge in [0.2, 0.25) is 0 Å². The molecular weight excluding hydrogens is 222 g/mol. The van der Waals surface area contributed by atoms with Crippen LogP contribution >= 0.6 is 0 Å². The molecule has 0 saturated carbocycles. The van der Waals surface area contributed by atoms with E-state index in [0.717, 1.165) is 17.8 Å². The number of nitrogens with two attached hydrogens (primary N) is 1. The van der Waals surface area contributed by atoms with Crippen molar-refractivity contribution in [2.24, 2.45) is 0 Å². The van der Waals surface area contributed by atoms with E-state index in [1.165, 1.54) is 0 Å². The Kier molecular flexibility index (Phi) is 2.53. The fraction of sp³-hybridized carbons (Fsp3) is 0.308. The lowest BCUT2D eigenvalue weighted by atomic mass is 9.91. The Hall–Kier alpha value is -1.71. The number of nitrogens with zero attached hydrogens (tertiary/aromatic N) is 1. The highest BCUT2D eigenvalue weighted by Crippen LogP contribution is 2.28. The highest BCUT2D eigenvalue weighted by molar-refractivity contribution is 5.90. The van der Waals surface area contributed by atoms with Crippen molar-refractivity contribution in [1.82, 2.24) is 4.98 Å². The topological polar surface area (TPSA) is 38.9 Å². The summed E-state index contributed by atoms with van der Waals surface area (Å²) in [5.41, 5.74) is 7.21. The molecule has 0 unspecified atom stereocenters. The van der Waals surface area contributed by atoms with Crippen LogP contribution in [0.1, 0.15) is 26.5 Å². The Labute approximate surface area is 98.5 Å². The zero-order valence-corrected chi connectivity index (χ0v) is 10.0. The first-order valence-electron chi connectivity index (χ1n) is 5.35. The maximum Gasteiger partial charge on any atom is 0.161 e. The van der Waals surface area contributed by atoms with Crippen molar-refractivity contribution in [3.63, 3.8) is 0 Å². The summed E-state index contributed by atoms with van der Waals surface area (Å²) in [6, 6.07) is 3.87. The molecule has 2 aromatic rings. The molecule has 0 fully saturated rings. The third-order valence-electron chi connectivity index (χ3n) is 2.65. The predicted molar refractivity (Wildman–Crippen MR) is 64.8 cm³/mol. The molecular formula is C13H14F2N2. The van der Waals surface area contributed by atoms with Crippen molar-refractivity contribution in [3.05, 3.63) is 35.5 Å². The van der Waals surface area contributed by atoms with Crippen LogP contribution in [-0.4, -0.2) is 4.98 Å². The Balaban J connectivity index is 2.78. The van der Waals surface area contributed by atoms with Crippen molar-refractivity contribution in [1.29, 1.82) is 0 Å². The van der Waals surface area contributed by atoms with E-state index in [9.17, 15) is 8.78 Å². The number of hydrogen-bond donors (Lipinski definition) is 1. The third kappa shape index (κ3) is 2.07. The molecule has 2 rings (SSSR count). The fourth-order valence-corrected chi connectivity index (χ4v) is 1.63. The van der Waals surface area contributed by atoms with Crippen LogP contribution in [0, 0.1) is 11.6 Å². The van der Waals surface area contributed by atoms with Crippen LogP contribution in [0.4, 0.5) is 14.5 Å². The summed E-state index contributed by atoms with van der Waals surface area (Å²) >= 11 is 0. The van der Waals surface area contributed by atoms with Crippen LogP contribution in [0.25, 0.3) is 10.9 Å². The van der Waals surface area contributed by atoms with Crippen molar-refractivity contribution in [3.8, 4) is 0 Å². The SMILES string of the molecule is CC(C)(C)c1cc(N)c2cc(F)c(F)cc2n1. The lowest BCUT2D eigenvalue weighted by molar-refractivity contribution is 0.510. The average Bonchev–Trinajstić information content (AvgIpc) is 2.19. The van der Waals surface area contributed by atoms with Gasteiger partial charge in [-0.05, 0) is 12.1 Å². The van der Waals surface area contributed by atoms with E-state index < -0.39 is 11.6 Å². The lowest BCUT2D eigenvalue weighted by Gasteiger charge is -2.19. The van der Waals surface area contributed by atoms with Crippen molar-refractivity contribution in [2.75, 3.05) is 5.73 Å². The molecule has 0 aliphatic carbocycles. The van der Waals surface area contributed by atoms with Crippen LogP contribution in [0.3, 0.4) is 0 Å². The Morgan fingerprint density at radius 3 is 2.24 bits per heavy atom. The summed E-state index contributed by atoms with van der Waals surface area (Å²) in [6.07, 6.45) is 0. The van der Waals surface area contributed by atoms with Gasteiger partial charge in [0.1, 0.15) is 0 Å². The second-order valence-electron chi connectivity index (χ2n) is 5.13. The van der Waals surface area contributed by atoms with Gasteiger partial charge in [0.25, 0.3) is 0 Å². The molecule has 0 amide bonds. The van der Waals surface area contributed by atoms with Crippen LogP contribution in [-0.2, 0) is 5.41 Å². The van der Waals surface area contributed by atoms with Crippen LogP contribution in [0.15, 0.2) is 18.2 Å². The largest absolute Gasteiger partial charge is 0.398 e. The molecule has 1 aromatic heterocycles. The van der Waals surface area contributed by atoms with E-state index in [1.54, 1.807) is 6.07 Å².